The van der Waals surface area contributed by atoms with Crippen LogP contribution in [0.25, 0.3) is 0 Å². The smallest absolute Gasteiger partial charge is 0.128 e. The van der Waals surface area contributed by atoms with Crippen LogP contribution in [-0.4, -0.2) is 18.8 Å². The van der Waals surface area contributed by atoms with Crippen molar-refractivity contribution < 1.29 is 9.13 Å². The van der Waals surface area contributed by atoms with Crippen molar-refractivity contribution in [2.45, 2.75) is 58.1 Å². The van der Waals surface area contributed by atoms with E-state index < -0.39 is 0 Å². The summed E-state index contributed by atoms with van der Waals surface area (Å²) in [5, 5.41) is 3.47. The zero-order chi connectivity index (χ0) is 14.6. The topological polar surface area (TPSA) is 21.3 Å². The Hall–Kier alpha value is -0.930. The Labute approximate surface area is 121 Å². The van der Waals surface area contributed by atoms with Crippen LogP contribution in [0, 0.1) is 12.7 Å². The molecule has 1 atom stereocenters. The third kappa shape index (κ3) is 3.04. The molecule has 0 heterocycles. The minimum Gasteiger partial charge on any atom is -0.373 e. The maximum Gasteiger partial charge on any atom is 0.128 e. The standard InChI is InChI=1S/C17H26FNO/c1-4-19-16(14-12-13(3)8-9-15(14)18)17(20-5-2)10-6-7-11-17/h8-9,12,16,19H,4-7,10-11H2,1-3H3. The average Bonchev–Trinajstić information content (AvgIpc) is 2.89. The molecule has 1 saturated carbocycles. The van der Waals surface area contributed by atoms with Gasteiger partial charge in [0, 0.05) is 12.2 Å². The molecule has 2 nitrogen and oxygen atoms in total. The van der Waals surface area contributed by atoms with Gasteiger partial charge in [0.1, 0.15) is 5.82 Å². The average molecular weight is 279 g/mol. The van der Waals surface area contributed by atoms with Crippen LogP contribution >= 0.6 is 0 Å². The Morgan fingerprint density at radius 2 is 2.00 bits per heavy atom. The van der Waals surface area contributed by atoms with E-state index in [0.29, 0.717) is 6.61 Å². The quantitative estimate of drug-likeness (QED) is 0.845. The minimum absolute atomic E-state index is 0.0603. The van der Waals surface area contributed by atoms with Crippen LogP contribution in [-0.2, 0) is 4.74 Å². The van der Waals surface area contributed by atoms with Crippen molar-refractivity contribution in [1.29, 1.82) is 0 Å². The first-order valence-corrected chi connectivity index (χ1v) is 7.76. The molecule has 1 N–H and O–H groups in total. The molecule has 112 valence electrons. The molecule has 3 heteroatoms. The van der Waals surface area contributed by atoms with Crippen LogP contribution in [0.15, 0.2) is 18.2 Å². The fourth-order valence-electron chi connectivity index (χ4n) is 3.45. The molecule has 1 fully saturated rings. The number of rotatable bonds is 6. The van der Waals surface area contributed by atoms with Crippen molar-refractivity contribution >= 4 is 0 Å². The molecule has 20 heavy (non-hydrogen) atoms. The Morgan fingerprint density at radius 3 is 2.60 bits per heavy atom. The summed E-state index contributed by atoms with van der Waals surface area (Å²) in [6.45, 7) is 7.58. The van der Waals surface area contributed by atoms with E-state index in [2.05, 4.69) is 12.2 Å². The van der Waals surface area contributed by atoms with E-state index in [1.165, 1.54) is 0 Å². The van der Waals surface area contributed by atoms with Gasteiger partial charge in [0.15, 0.2) is 0 Å². The highest BCUT2D eigenvalue weighted by atomic mass is 19.1. The number of hydrogen-bond donors (Lipinski definition) is 1. The number of nitrogens with one attached hydrogen (secondary N) is 1. The fourth-order valence-corrected chi connectivity index (χ4v) is 3.45. The van der Waals surface area contributed by atoms with Gasteiger partial charge in [0.25, 0.3) is 0 Å². The molecule has 1 aromatic carbocycles. The Balaban J connectivity index is 2.40. The summed E-state index contributed by atoms with van der Waals surface area (Å²) < 4.78 is 20.4. The SMILES string of the molecule is CCNC(c1cc(C)ccc1F)C1(OCC)CCCC1. The molecule has 0 radical (unpaired) electrons. The van der Waals surface area contributed by atoms with Crippen molar-refractivity contribution in [3.05, 3.63) is 35.1 Å². The Kier molecular flexibility index (Phi) is 5.17. The summed E-state index contributed by atoms with van der Waals surface area (Å²) in [4.78, 5) is 0. The van der Waals surface area contributed by atoms with E-state index in [1.54, 1.807) is 6.07 Å². The number of halogens is 1. The molecule has 0 spiro atoms. The van der Waals surface area contributed by atoms with E-state index in [-0.39, 0.29) is 17.5 Å². The second kappa shape index (κ2) is 6.68. The number of benzene rings is 1. The molecular formula is C17H26FNO. The first kappa shape index (κ1) is 15.5. The molecule has 1 aromatic rings. The summed E-state index contributed by atoms with van der Waals surface area (Å²) in [7, 11) is 0. The number of likely N-dealkylation sites (N-methyl/N-ethyl adjacent to an activating group) is 1. The maximum absolute atomic E-state index is 14.3. The lowest BCUT2D eigenvalue weighted by atomic mass is 9.85. The predicted octanol–water partition coefficient (Wildman–Crippen LogP) is 4.13. The summed E-state index contributed by atoms with van der Waals surface area (Å²) in [6, 6.07) is 5.30. The summed E-state index contributed by atoms with van der Waals surface area (Å²) in [5.74, 6) is -0.132. The zero-order valence-corrected chi connectivity index (χ0v) is 12.8. The van der Waals surface area contributed by atoms with E-state index in [4.69, 9.17) is 4.74 Å². The van der Waals surface area contributed by atoms with Crippen LogP contribution in [0.5, 0.6) is 0 Å². The molecule has 0 bridgehead atoms. The normalized spacial score (nSPS) is 19.2. The van der Waals surface area contributed by atoms with Crippen molar-refractivity contribution in [2.24, 2.45) is 0 Å². The lowest BCUT2D eigenvalue weighted by Crippen LogP contribution is -2.44. The zero-order valence-electron chi connectivity index (χ0n) is 12.8. The van der Waals surface area contributed by atoms with Gasteiger partial charge < -0.3 is 10.1 Å². The van der Waals surface area contributed by atoms with Gasteiger partial charge in [-0.15, -0.1) is 0 Å². The van der Waals surface area contributed by atoms with Gasteiger partial charge >= 0.3 is 0 Å². The van der Waals surface area contributed by atoms with Gasteiger partial charge in [-0.3, -0.25) is 0 Å². The van der Waals surface area contributed by atoms with Crippen molar-refractivity contribution in [1.82, 2.24) is 5.32 Å². The maximum atomic E-state index is 14.3. The molecule has 1 aliphatic carbocycles. The van der Waals surface area contributed by atoms with Crippen LogP contribution in [0.2, 0.25) is 0 Å². The molecule has 0 aromatic heterocycles. The van der Waals surface area contributed by atoms with Crippen LogP contribution in [0.1, 0.15) is 56.7 Å². The van der Waals surface area contributed by atoms with E-state index >= 15 is 0 Å². The van der Waals surface area contributed by atoms with Gasteiger partial charge in [-0.1, -0.05) is 37.5 Å². The molecule has 0 saturated heterocycles. The predicted molar refractivity (Wildman–Crippen MR) is 80.4 cm³/mol. The Bertz CT molecular complexity index is 441. The van der Waals surface area contributed by atoms with Gasteiger partial charge in [0.05, 0.1) is 11.6 Å². The first-order valence-electron chi connectivity index (χ1n) is 7.76. The molecule has 0 amide bonds. The van der Waals surface area contributed by atoms with Crippen molar-refractivity contribution in [2.75, 3.05) is 13.2 Å². The van der Waals surface area contributed by atoms with Crippen LogP contribution < -0.4 is 5.32 Å². The Morgan fingerprint density at radius 1 is 1.30 bits per heavy atom. The van der Waals surface area contributed by atoms with Crippen LogP contribution in [0.3, 0.4) is 0 Å². The number of hydrogen-bond acceptors (Lipinski definition) is 2. The van der Waals surface area contributed by atoms with Crippen LogP contribution in [0.4, 0.5) is 4.39 Å². The summed E-state index contributed by atoms with van der Waals surface area (Å²) >= 11 is 0. The van der Waals surface area contributed by atoms with Gasteiger partial charge in [-0.05, 0) is 39.3 Å². The van der Waals surface area contributed by atoms with Crippen molar-refractivity contribution in [3.63, 3.8) is 0 Å². The minimum atomic E-state index is -0.251. The largest absolute Gasteiger partial charge is 0.373 e. The molecule has 1 unspecified atom stereocenters. The van der Waals surface area contributed by atoms with E-state index in [0.717, 1.165) is 43.4 Å². The van der Waals surface area contributed by atoms with E-state index in [1.807, 2.05) is 26.0 Å². The second-order valence-electron chi connectivity index (χ2n) is 5.72. The molecule has 2 rings (SSSR count). The third-order valence-corrected chi connectivity index (χ3v) is 4.28. The monoisotopic (exact) mass is 279 g/mol. The highest BCUT2D eigenvalue weighted by Gasteiger charge is 2.43. The molecule has 0 aliphatic heterocycles. The summed E-state index contributed by atoms with van der Waals surface area (Å²) in [6.07, 6.45) is 4.34. The number of aryl methyl sites for hydroxylation is 1. The van der Waals surface area contributed by atoms with Gasteiger partial charge in [-0.25, -0.2) is 4.39 Å². The first-order chi connectivity index (χ1) is 9.63. The van der Waals surface area contributed by atoms with Crippen molar-refractivity contribution in [3.8, 4) is 0 Å². The van der Waals surface area contributed by atoms with Gasteiger partial charge in [0.2, 0.25) is 0 Å². The molecular weight excluding hydrogens is 253 g/mol. The molecule has 1 aliphatic rings. The van der Waals surface area contributed by atoms with E-state index in [9.17, 15) is 4.39 Å². The fraction of sp³-hybridized carbons (Fsp3) is 0.647. The highest BCUT2D eigenvalue weighted by Crippen LogP contribution is 2.43. The lowest BCUT2D eigenvalue weighted by molar-refractivity contribution is -0.0630. The highest BCUT2D eigenvalue weighted by molar-refractivity contribution is 5.29. The third-order valence-electron chi connectivity index (χ3n) is 4.28. The second-order valence-corrected chi connectivity index (χ2v) is 5.72. The lowest BCUT2D eigenvalue weighted by Gasteiger charge is -2.38. The van der Waals surface area contributed by atoms with Gasteiger partial charge in [-0.2, -0.15) is 0 Å². The number of ether oxygens (including phenoxy) is 1. The summed E-state index contributed by atoms with van der Waals surface area (Å²) in [5.41, 5.74) is 1.59.